The molecule has 150 valence electrons. The topological polar surface area (TPSA) is 69.6 Å². The first-order chi connectivity index (χ1) is 14.1. The number of carbonyl (C=O) groups excluding carboxylic acids is 1. The highest BCUT2D eigenvalue weighted by Gasteiger charge is 2.23. The van der Waals surface area contributed by atoms with Crippen molar-refractivity contribution in [1.29, 1.82) is 0 Å². The van der Waals surface area contributed by atoms with Crippen molar-refractivity contribution in [3.8, 4) is 11.1 Å². The highest BCUT2D eigenvalue weighted by Crippen LogP contribution is 2.29. The third-order valence-corrected chi connectivity index (χ3v) is 6.08. The molecule has 6 heteroatoms. The number of halogens is 1. The van der Waals surface area contributed by atoms with Gasteiger partial charge in [-0.2, -0.15) is 0 Å². The molecule has 0 aliphatic rings. The van der Waals surface area contributed by atoms with Gasteiger partial charge in [-0.1, -0.05) is 66.2 Å². The zero-order chi connectivity index (χ0) is 20.6. The maximum absolute atomic E-state index is 12.1. The Labute approximate surface area is 179 Å². The molecular formula is C23H22ClNO3S. The average Bonchev–Trinajstić information content (AvgIpc) is 2.77. The third kappa shape index (κ3) is 6.08. The Balaban J connectivity index is 1.66. The van der Waals surface area contributed by atoms with Crippen molar-refractivity contribution in [2.75, 3.05) is 5.75 Å². The molecule has 0 bridgehead atoms. The minimum Gasteiger partial charge on any atom is -0.388 e. The summed E-state index contributed by atoms with van der Waals surface area (Å²) >= 11 is 7.45. The SMILES string of the molecule is O=C(NO)C(CSc1ccccc1)CC(O)c1ccc(-c2ccc(Cl)cc2)cc1. The molecule has 0 fully saturated rings. The van der Waals surface area contributed by atoms with E-state index < -0.39 is 17.9 Å². The lowest BCUT2D eigenvalue weighted by molar-refractivity contribution is -0.133. The van der Waals surface area contributed by atoms with Crippen LogP contribution in [-0.2, 0) is 4.79 Å². The van der Waals surface area contributed by atoms with Gasteiger partial charge in [-0.15, -0.1) is 11.8 Å². The number of nitrogens with one attached hydrogen (secondary N) is 1. The maximum atomic E-state index is 12.1. The van der Waals surface area contributed by atoms with Crippen LogP contribution in [0.25, 0.3) is 11.1 Å². The summed E-state index contributed by atoms with van der Waals surface area (Å²) in [4.78, 5) is 13.1. The Hall–Kier alpha value is -2.31. The van der Waals surface area contributed by atoms with E-state index in [0.29, 0.717) is 10.8 Å². The van der Waals surface area contributed by atoms with Crippen LogP contribution in [0.2, 0.25) is 5.02 Å². The largest absolute Gasteiger partial charge is 0.388 e. The maximum Gasteiger partial charge on any atom is 0.247 e. The standard InChI is InChI=1S/C23H22ClNO3S/c24-20-12-10-17(11-13-20)16-6-8-18(9-7-16)22(26)14-19(23(27)25-28)15-29-21-4-2-1-3-5-21/h1-13,19,22,26,28H,14-15H2,(H,25,27). The molecule has 0 aliphatic carbocycles. The van der Waals surface area contributed by atoms with Gasteiger partial charge in [0.05, 0.1) is 12.0 Å². The zero-order valence-electron chi connectivity index (χ0n) is 15.7. The fourth-order valence-corrected chi connectivity index (χ4v) is 4.16. The van der Waals surface area contributed by atoms with E-state index in [1.165, 1.54) is 11.8 Å². The van der Waals surface area contributed by atoms with Gasteiger partial charge in [-0.25, -0.2) is 5.48 Å². The summed E-state index contributed by atoms with van der Waals surface area (Å²) in [6.45, 7) is 0. The summed E-state index contributed by atoms with van der Waals surface area (Å²) in [5.41, 5.74) is 4.49. The molecule has 0 spiro atoms. The second-order valence-electron chi connectivity index (χ2n) is 6.68. The molecule has 3 rings (SSSR count). The van der Waals surface area contributed by atoms with Crippen molar-refractivity contribution >= 4 is 29.3 Å². The van der Waals surface area contributed by atoms with Crippen molar-refractivity contribution < 1.29 is 15.1 Å². The predicted octanol–water partition coefficient (Wildman–Crippen LogP) is 5.34. The van der Waals surface area contributed by atoms with Crippen molar-refractivity contribution in [2.24, 2.45) is 5.92 Å². The van der Waals surface area contributed by atoms with Crippen LogP contribution in [0.4, 0.5) is 0 Å². The Morgan fingerprint density at radius 3 is 2.10 bits per heavy atom. The number of hydrogen-bond acceptors (Lipinski definition) is 4. The summed E-state index contributed by atoms with van der Waals surface area (Å²) in [6, 6.07) is 24.8. The van der Waals surface area contributed by atoms with Crippen LogP contribution < -0.4 is 5.48 Å². The highest BCUT2D eigenvalue weighted by molar-refractivity contribution is 7.99. The molecule has 2 atom stereocenters. The van der Waals surface area contributed by atoms with E-state index in [1.54, 1.807) is 5.48 Å². The lowest BCUT2D eigenvalue weighted by Gasteiger charge is -2.19. The molecule has 29 heavy (non-hydrogen) atoms. The second-order valence-corrected chi connectivity index (χ2v) is 8.21. The minimum absolute atomic E-state index is 0.215. The lowest BCUT2D eigenvalue weighted by atomic mass is 9.96. The number of benzene rings is 3. The first-order valence-corrected chi connectivity index (χ1v) is 10.6. The molecule has 1 amide bonds. The third-order valence-electron chi connectivity index (χ3n) is 4.66. The molecule has 3 aromatic carbocycles. The number of thioether (sulfide) groups is 1. The van der Waals surface area contributed by atoms with Gasteiger partial charge >= 0.3 is 0 Å². The van der Waals surface area contributed by atoms with Gasteiger partial charge < -0.3 is 5.11 Å². The van der Waals surface area contributed by atoms with Gasteiger partial charge in [-0.05, 0) is 47.4 Å². The Kier molecular flexibility index (Phi) is 7.72. The summed E-state index contributed by atoms with van der Waals surface area (Å²) in [7, 11) is 0. The Morgan fingerprint density at radius 2 is 1.52 bits per heavy atom. The van der Waals surface area contributed by atoms with E-state index >= 15 is 0 Å². The monoisotopic (exact) mass is 427 g/mol. The molecule has 3 aromatic rings. The summed E-state index contributed by atoms with van der Waals surface area (Å²) < 4.78 is 0. The molecule has 4 nitrogen and oxygen atoms in total. The van der Waals surface area contributed by atoms with Crippen molar-refractivity contribution in [3.05, 3.63) is 89.4 Å². The van der Waals surface area contributed by atoms with Crippen molar-refractivity contribution in [2.45, 2.75) is 17.4 Å². The molecule has 0 saturated carbocycles. The van der Waals surface area contributed by atoms with Gasteiger partial charge in [0.1, 0.15) is 0 Å². The van der Waals surface area contributed by atoms with Gasteiger partial charge in [0, 0.05) is 15.7 Å². The molecule has 0 heterocycles. The number of rotatable bonds is 8. The number of hydroxylamine groups is 1. The van der Waals surface area contributed by atoms with E-state index in [-0.39, 0.29) is 6.42 Å². The first kappa shape index (κ1) is 21.4. The molecular weight excluding hydrogens is 406 g/mol. The van der Waals surface area contributed by atoms with Gasteiger partial charge in [0.2, 0.25) is 5.91 Å². The number of hydrogen-bond donors (Lipinski definition) is 3. The fourth-order valence-electron chi connectivity index (χ4n) is 3.00. The fraction of sp³-hybridized carbons (Fsp3) is 0.174. The normalized spacial score (nSPS) is 12.9. The average molecular weight is 428 g/mol. The van der Waals surface area contributed by atoms with Crippen molar-refractivity contribution in [1.82, 2.24) is 5.48 Å². The minimum atomic E-state index is -0.812. The van der Waals surface area contributed by atoms with E-state index in [0.717, 1.165) is 21.6 Å². The Bertz CT molecular complexity index is 917. The van der Waals surface area contributed by atoms with Gasteiger partial charge in [-0.3, -0.25) is 10.0 Å². The number of carbonyl (C=O) groups is 1. The zero-order valence-corrected chi connectivity index (χ0v) is 17.2. The van der Waals surface area contributed by atoms with Crippen molar-refractivity contribution in [3.63, 3.8) is 0 Å². The lowest BCUT2D eigenvalue weighted by Crippen LogP contribution is -2.30. The van der Waals surface area contributed by atoms with Crippen LogP contribution >= 0.6 is 23.4 Å². The second kappa shape index (κ2) is 10.5. The molecule has 0 aromatic heterocycles. The summed E-state index contributed by atoms with van der Waals surface area (Å²) in [5.74, 6) is -0.572. The molecule has 0 radical (unpaired) electrons. The van der Waals surface area contributed by atoms with E-state index in [2.05, 4.69) is 0 Å². The molecule has 0 aliphatic heterocycles. The molecule has 2 unspecified atom stereocenters. The molecule has 0 saturated heterocycles. The Morgan fingerprint density at radius 1 is 0.931 bits per heavy atom. The van der Waals surface area contributed by atoms with E-state index in [9.17, 15) is 9.90 Å². The number of aliphatic hydroxyl groups excluding tert-OH is 1. The summed E-state index contributed by atoms with van der Waals surface area (Å²) in [5, 5.41) is 20.4. The van der Waals surface area contributed by atoms with Crippen LogP contribution in [0.3, 0.4) is 0 Å². The predicted molar refractivity (Wildman–Crippen MR) is 117 cm³/mol. The van der Waals surface area contributed by atoms with Gasteiger partial charge in [0.25, 0.3) is 0 Å². The summed E-state index contributed by atoms with van der Waals surface area (Å²) in [6.07, 6.45) is -0.597. The van der Waals surface area contributed by atoms with Crippen LogP contribution in [0.5, 0.6) is 0 Å². The van der Waals surface area contributed by atoms with E-state index in [4.69, 9.17) is 16.8 Å². The van der Waals surface area contributed by atoms with Crippen LogP contribution in [-0.4, -0.2) is 22.0 Å². The highest BCUT2D eigenvalue weighted by atomic mass is 35.5. The first-order valence-electron chi connectivity index (χ1n) is 9.22. The number of amides is 1. The quantitative estimate of drug-likeness (QED) is 0.257. The van der Waals surface area contributed by atoms with Crippen LogP contribution in [0.1, 0.15) is 18.1 Å². The molecule has 3 N–H and O–H groups in total. The van der Waals surface area contributed by atoms with Crippen LogP contribution in [0, 0.1) is 5.92 Å². The smallest absolute Gasteiger partial charge is 0.247 e. The van der Waals surface area contributed by atoms with E-state index in [1.807, 2.05) is 78.9 Å². The van der Waals surface area contributed by atoms with Crippen LogP contribution in [0.15, 0.2) is 83.8 Å². The van der Waals surface area contributed by atoms with Gasteiger partial charge in [0.15, 0.2) is 0 Å². The number of aliphatic hydroxyl groups is 1.